The average Bonchev–Trinajstić information content (AvgIpc) is 2.39. The van der Waals surface area contributed by atoms with Gasteiger partial charge in [-0.2, -0.15) is 0 Å². The summed E-state index contributed by atoms with van der Waals surface area (Å²) in [5, 5.41) is 0. The van der Waals surface area contributed by atoms with E-state index in [0.717, 1.165) is 24.0 Å². The number of rotatable bonds is 9. The molecule has 0 aliphatic rings. The van der Waals surface area contributed by atoms with Crippen molar-refractivity contribution in [2.24, 2.45) is 0 Å². The lowest BCUT2D eigenvalue weighted by Gasteiger charge is -2.04. The minimum absolute atomic E-state index is 0.267. The first-order valence-electron chi connectivity index (χ1n) is 6.96. The van der Waals surface area contributed by atoms with Gasteiger partial charge in [0.2, 0.25) is 0 Å². The van der Waals surface area contributed by atoms with Crippen molar-refractivity contribution in [3.8, 4) is 0 Å². The Labute approximate surface area is 116 Å². The fraction of sp³-hybridized carbons (Fsp3) is 0.562. The lowest BCUT2D eigenvalue weighted by atomic mass is 10.0. The van der Waals surface area contributed by atoms with E-state index >= 15 is 0 Å². The Morgan fingerprint density at radius 1 is 1.17 bits per heavy atom. The van der Waals surface area contributed by atoms with E-state index in [0.29, 0.717) is 12.3 Å². The highest BCUT2D eigenvalue weighted by Crippen LogP contribution is 2.12. The fourth-order valence-corrected chi connectivity index (χ4v) is 2.26. The molecule has 0 atom stereocenters. The molecule has 0 unspecified atom stereocenters. The van der Waals surface area contributed by atoms with Crippen LogP contribution >= 0.6 is 11.6 Å². The smallest absolute Gasteiger partial charge is 0.162 e. The zero-order valence-corrected chi connectivity index (χ0v) is 12.0. The number of carbonyl (C=O) groups is 1. The Kier molecular flexibility index (Phi) is 7.75. The van der Waals surface area contributed by atoms with Gasteiger partial charge in [0.15, 0.2) is 5.78 Å². The van der Waals surface area contributed by atoms with Crippen molar-refractivity contribution in [2.75, 3.05) is 5.88 Å². The molecule has 0 amide bonds. The summed E-state index contributed by atoms with van der Waals surface area (Å²) in [6.45, 7) is 2.20. The van der Waals surface area contributed by atoms with Crippen molar-refractivity contribution in [1.29, 1.82) is 0 Å². The molecule has 1 aromatic carbocycles. The van der Waals surface area contributed by atoms with Crippen molar-refractivity contribution in [1.82, 2.24) is 0 Å². The molecule has 0 saturated heterocycles. The van der Waals surface area contributed by atoms with E-state index in [1.54, 1.807) is 0 Å². The Bertz CT molecular complexity index is 360. The monoisotopic (exact) mass is 266 g/mol. The number of aryl methyl sites for hydroxylation is 1. The molecule has 0 bridgehead atoms. The summed E-state index contributed by atoms with van der Waals surface area (Å²) in [6, 6.07) is 7.87. The van der Waals surface area contributed by atoms with E-state index in [4.69, 9.17) is 11.6 Å². The summed E-state index contributed by atoms with van der Waals surface area (Å²) in [5.74, 6) is 0.872. The molecule has 0 N–H and O–H groups in total. The third-order valence-corrected chi connectivity index (χ3v) is 3.33. The Morgan fingerprint density at radius 3 is 2.67 bits per heavy atom. The van der Waals surface area contributed by atoms with Crippen LogP contribution < -0.4 is 0 Å². The van der Waals surface area contributed by atoms with Gasteiger partial charge in [0, 0.05) is 17.9 Å². The minimum atomic E-state index is 0.267. The van der Waals surface area contributed by atoms with Crippen LogP contribution in [0.3, 0.4) is 0 Å². The number of alkyl halides is 1. The third-order valence-electron chi connectivity index (χ3n) is 3.14. The van der Waals surface area contributed by atoms with Crippen LogP contribution in [0.15, 0.2) is 24.3 Å². The molecule has 18 heavy (non-hydrogen) atoms. The second-order valence-electron chi connectivity index (χ2n) is 4.73. The van der Waals surface area contributed by atoms with Crippen LogP contribution in [0.25, 0.3) is 0 Å². The lowest BCUT2D eigenvalue weighted by Crippen LogP contribution is -2.00. The standard InChI is InChI=1S/C16H23ClO/c1-2-3-4-5-6-10-16(18)15-9-7-8-14(13-15)11-12-17/h7-9,13H,2-6,10-12H2,1H3. The zero-order chi connectivity index (χ0) is 13.2. The molecule has 0 saturated carbocycles. The minimum Gasteiger partial charge on any atom is -0.294 e. The van der Waals surface area contributed by atoms with Gasteiger partial charge in [0.1, 0.15) is 0 Å². The number of benzene rings is 1. The van der Waals surface area contributed by atoms with Gasteiger partial charge >= 0.3 is 0 Å². The zero-order valence-electron chi connectivity index (χ0n) is 11.3. The third kappa shape index (κ3) is 5.68. The molecule has 0 spiro atoms. The van der Waals surface area contributed by atoms with Gasteiger partial charge in [0.05, 0.1) is 0 Å². The Hall–Kier alpha value is -0.820. The summed E-state index contributed by atoms with van der Waals surface area (Å²) in [5.41, 5.74) is 2.00. The fourth-order valence-electron chi connectivity index (χ4n) is 2.04. The van der Waals surface area contributed by atoms with Crippen LogP contribution in [0.5, 0.6) is 0 Å². The Morgan fingerprint density at radius 2 is 1.94 bits per heavy atom. The summed E-state index contributed by atoms with van der Waals surface area (Å²) in [7, 11) is 0. The highest BCUT2D eigenvalue weighted by atomic mass is 35.5. The lowest BCUT2D eigenvalue weighted by molar-refractivity contribution is 0.0979. The van der Waals surface area contributed by atoms with Crippen LogP contribution in [-0.4, -0.2) is 11.7 Å². The van der Waals surface area contributed by atoms with E-state index < -0.39 is 0 Å². The van der Waals surface area contributed by atoms with Gasteiger partial charge in [-0.25, -0.2) is 0 Å². The first kappa shape index (κ1) is 15.2. The van der Waals surface area contributed by atoms with Crippen molar-refractivity contribution < 1.29 is 4.79 Å². The van der Waals surface area contributed by atoms with Crippen molar-refractivity contribution in [2.45, 2.75) is 51.9 Å². The number of unbranched alkanes of at least 4 members (excludes halogenated alkanes) is 4. The molecule has 0 radical (unpaired) electrons. The van der Waals surface area contributed by atoms with Gasteiger partial charge in [-0.05, 0) is 24.5 Å². The molecule has 1 aromatic rings. The first-order valence-corrected chi connectivity index (χ1v) is 7.49. The number of hydrogen-bond donors (Lipinski definition) is 0. The van der Waals surface area contributed by atoms with Crippen LogP contribution in [-0.2, 0) is 6.42 Å². The summed E-state index contributed by atoms with van der Waals surface area (Å²) < 4.78 is 0. The number of ketones is 1. The largest absolute Gasteiger partial charge is 0.294 e. The summed E-state index contributed by atoms with van der Waals surface area (Å²) >= 11 is 5.72. The SMILES string of the molecule is CCCCCCCC(=O)c1cccc(CCCl)c1. The van der Waals surface area contributed by atoms with E-state index in [-0.39, 0.29) is 5.78 Å². The van der Waals surface area contributed by atoms with Gasteiger partial charge in [-0.1, -0.05) is 50.8 Å². The second-order valence-corrected chi connectivity index (χ2v) is 5.10. The normalized spacial score (nSPS) is 10.6. The quantitative estimate of drug-likeness (QED) is 0.349. The summed E-state index contributed by atoms with van der Waals surface area (Å²) in [6.07, 6.45) is 7.45. The van der Waals surface area contributed by atoms with E-state index in [1.165, 1.54) is 25.7 Å². The molecular weight excluding hydrogens is 244 g/mol. The molecule has 2 heteroatoms. The van der Waals surface area contributed by atoms with Gasteiger partial charge in [0.25, 0.3) is 0 Å². The highest BCUT2D eigenvalue weighted by Gasteiger charge is 2.06. The predicted octanol–water partition coefficient (Wildman–Crippen LogP) is 5.01. The molecule has 0 aromatic heterocycles. The number of Topliss-reactive ketones (excluding diaryl/α,β-unsaturated/α-hetero) is 1. The van der Waals surface area contributed by atoms with E-state index in [1.807, 2.05) is 24.3 Å². The van der Waals surface area contributed by atoms with Crippen LogP contribution in [0.2, 0.25) is 0 Å². The first-order chi connectivity index (χ1) is 8.77. The molecule has 1 rings (SSSR count). The van der Waals surface area contributed by atoms with Crippen LogP contribution in [0.4, 0.5) is 0 Å². The molecule has 0 fully saturated rings. The maximum absolute atomic E-state index is 12.0. The topological polar surface area (TPSA) is 17.1 Å². The second kappa shape index (κ2) is 9.16. The van der Waals surface area contributed by atoms with E-state index in [2.05, 4.69) is 6.92 Å². The van der Waals surface area contributed by atoms with E-state index in [9.17, 15) is 4.79 Å². The molecule has 1 nitrogen and oxygen atoms in total. The van der Waals surface area contributed by atoms with Gasteiger partial charge in [-0.15, -0.1) is 11.6 Å². The molecule has 0 heterocycles. The predicted molar refractivity (Wildman–Crippen MR) is 78.6 cm³/mol. The molecular formula is C16H23ClO. The van der Waals surface area contributed by atoms with Crippen molar-refractivity contribution in [3.05, 3.63) is 35.4 Å². The summed E-state index contributed by atoms with van der Waals surface area (Å²) in [4.78, 5) is 12.0. The highest BCUT2D eigenvalue weighted by molar-refractivity contribution is 6.18. The molecule has 0 aliphatic heterocycles. The number of halogens is 1. The molecule has 100 valence electrons. The average molecular weight is 267 g/mol. The Balaban J connectivity index is 2.38. The number of hydrogen-bond acceptors (Lipinski definition) is 1. The van der Waals surface area contributed by atoms with Crippen LogP contribution in [0.1, 0.15) is 61.4 Å². The van der Waals surface area contributed by atoms with Crippen LogP contribution in [0, 0.1) is 0 Å². The van der Waals surface area contributed by atoms with Crippen molar-refractivity contribution >= 4 is 17.4 Å². The number of carbonyl (C=O) groups excluding carboxylic acids is 1. The maximum Gasteiger partial charge on any atom is 0.162 e. The van der Waals surface area contributed by atoms with Gasteiger partial charge in [-0.3, -0.25) is 4.79 Å². The maximum atomic E-state index is 12.0. The van der Waals surface area contributed by atoms with Gasteiger partial charge < -0.3 is 0 Å². The molecule has 0 aliphatic carbocycles. The van der Waals surface area contributed by atoms with Crippen molar-refractivity contribution in [3.63, 3.8) is 0 Å².